The number of rotatable bonds is 6. The predicted octanol–water partition coefficient (Wildman–Crippen LogP) is 1.08. The number of nitrogens with zero attached hydrogens (tertiary/aromatic N) is 3. The zero-order valence-corrected chi connectivity index (χ0v) is 13.4. The monoisotopic (exact) mass is 320 g/mol. The molecule has 2 unspecified atom stereocenters. The van der Waals surface area contributed by atoms with E-state index in [9.17, 15) is 9.18 Å². The molecular weight excluding hydrogens is 299 g/mol. The number of methoxy groups -OCH3 is 1. The minimum absolute atomic E-state index is 0.117. The average molecular weight is 320 g/mol. The molecule has 0 saturated carbocycles. The average Bonchev–Trinajstić information content (AvgIpc) is 2.93. The second-order valence-electron chi connectivity index (χ2n) is 5.42. The number of hydrogen-bond acceptors (Lipinski definition) is 4. The Kier molecular flexibility index (Phi) is 5.46. The van der Waals surface area contributed by atoms with E-state index in [0.29, 0.717) is 5.56 Å². The van der Waals surface area contributed by atoms with Gasteiger partial charge in [-0.25, -0.2) is 4.39 Å². The molecule has 2 aromatic rings. The van der Waals surface area contributed by atoms with Gasteiger partial charge in [-0.05, 0) is 17.7 Å². The number of nitrogens with two attached hydrogens (primary N) is 1. The molecule has 0 fully saturated rings. The van der Waals surface area contributed by atoms with Crippen LogP contribution in [0.5, 0.6) is 0 Å². The number of ether oxygens (including phenoxy) is 1. The van der Waals surface area contributed by atoms with E-state index in [1.54, 1.807) is 43.3 Å². The summed E-state index contributed by atoms with van der Waals surface area (Å²) in [4.78, 5) is 14.0. The molecule has 7 heteroatoms. The molecule has 124 valence electrons. The van der Waals surface area contributed by atoms with Gasteiger partial charge in [-0.1, -0.05) is 12.1 Å². The maximum atomic E-state index is 13.6. The van der Waals surface area contributed by atoms with Gasteiger partial charge in [0.05, 0.1) is 18.8 Å². The molecule has 0 aliphatic heterocycles. The normalized spacial score (nSPS) is 13.6. The second kappa shape index (κ2) is 7.34. The SMILES string of the molecule is COCC(N)C(=O)N(C)C(c1cccc(F)c1)c1cnn(C)c1. The minimum atomic E-state index is -0.780. The summed E-state index contributed by atoms with van der Waals surface area (Å²) in [6, 6.07) is 4.90. The molecular formula is C16H21FN4O2. The fraction of sp³-hybridized carbons (Fsp3) is 0.375. The van der Waals surface area contributed by atoms with E-state index >= 15 is 0 Å². The third kappa shape index (κ3) is 3.94. The van der Waals surface area contributed by atoms with Crippen molar-refractivity contribution in [1.82, 2.24) is 14.7 Å². The van der Waals surface area contributed by atoms with E-state index in [1.807, 2.05) is 0 Å². The molecule has 2 atom stereocenters. The molecule has 6 nitrogen and oxygen atoms in total. The Labute approximate surface area is 134 Å². The molecule has 0 saturated heterocycles. The summed E-state index contributed by atoms with van der Waals surface area (Å²) in [5.74, 6) is -0.650. The quantitative estimate of drug-likeness (QED) is 0.864. The van der Waals surface area contributed by atoms with Crippen molar-refractivity contribution in [2.24, 2.45) is 12.8 Å². The number of aryl methyl sites for hydroxylation is 1. The largest absolute Gasteiger partial charge is 0.383 e. The van der Waals surface area contributed by atoms with E-state index < -0.39 is 12.1 Å². The van der Waals surface area contributed by atoms with Gasteiger partial charge in [-0.15, -0.1) is 0 Å². The van der Waals surface area contributed by atoms with Crippen molar-refractivity contribution in [3.8, 4) is 0 Å². The van der Waals surface area contributed by atoms with Crippen LogP contribution in [0.15, 0.2) is 36.7 Å². The summed E-state index contributed by atoms with van der Waals surface area (Å²) in [5.41, 5.74) is 7.27. The van der Waals surface area contributed by atoms with Gasteiger partial charge >= 0.3 is 0 Å². The van der Waals surface area contributed by atoms with Crippen LogP contribution in [0.2, 0.25) is 0 Å². The predicted molar refractivity (Wildman–Crippen MR) is 84.1 cm³/mol. The van der Waals surface area contributed by atoms with Crippen LogP contribution in [-0.2, 0) is 16.6 Å². The summed E-state index contributed by atoms with van der Waals surface area (Å²) >= 11 is 0. The van der Waals surface area contributed by atoms with Crippen LogP contribution in [0.3, 0.4) is 0 Å². The lowest BCUT2D eigenvalue weighted by Crippen LogP contribution is -2.46. The van der Waals surface area contributed by atoms with Gasteiger partial charge in [0.15, 0.2) is 0 Å². The van der Waals surface area contributed by atoms with E-state index in [2.05, 4.69) is 5.10 Å². The Hall–Kier alpha value is -2.25. The number of carbonyl (C=O) groups is 1. The molecule has 0 radical (unpaired) electrons. The van der Waals surface area contributed by atoms with Crippen LogP contribution in [-0.4, -0.2) is 47.4 Å². The number of hydrogen-bond donors (Lipinski definition) is 1. The summed E-state index contributed by atoms with van der Waals surface area (Å²) in [7, 11) is 4.91. The lowest BCUT2D eigenvalue weighted by Gasteiger charge is -2.30. The fourth-order valence-corrected chi connectivity index (χ4v) is 2.54. The van der Waals surface area contributed by atoms with Crippen LogP contribution in [0.1, 0.15) is 17.2 Å². The van der Waals surface area contributed by atoms with Gasteiger partial charge in [0.1, 0.15) is 11.9 Å². The van der Waals surface area contributed by atoms with Crippen molar-refractivity contribution in [3.63, 3.8) is 0 Å². The molecule has 23 heavy (non-hydrogen) atoms. The number of halogens is 1. The Bertz CT molecular complexity index is 674. The molecule has 0 aliphatic carbocycles. The van der Waals surface area contributed by atoms with Crippen LogP contribution in [0, 0.1) is 5.82 Å². The van der Waals surface area contributed by atoms with E-state index in [-0.39, 0.29) is 18.3 Å². The maximum Gasteiger partial charge on any atom is 0.242 e. The number of benzene rings is 1. The number of aromatic nitrogens is 2. The van der Waals surface area contributed by atoms with Crippen molar-refractivity contribution in [3.05, 3.63) is 53.6 Å². The second-order valence-corrected chi connectivity index (χ2v) is 5.42. The smallest absolute Gasteiger partial charge is 0.242 e. The summed E-state index contributed by atoms with van der Waals surface area (Å²) in [6.45, 7) is 0.117. The van der Waals surface area contributed by atoms with Crippen molar-refractivity contribution < 1.29 is 13.9 Å². The van der Waals surface area contributed by atoms with Gasteiger partial charge in [0, 0.05) is 33.0 Å². The molecule has 1 aromatic heterocycles. The molecule has 2 N–H and O–H groups in total. The zero-order valence-electron chi connectivity index (χ0n) is 13.4. The molecule has 0 bridgehead atoms. The lowest BCUT2D eigenvalue weighted by atomic mass is 9.99. The first kappa shape index (κ1) is 17.1. The molecule has 1 heterocycles. The zero-order chi connectivity index (χ0) is 17.0. The fourth-order valence-electron chi connectivity index (χ4n) is 2.54. The molecule has 1 amide bonds. The standard InChI is InChI=1S/C16H21FN4O2/c1-20-9-12(8-19-20)15(11-5-4-6-13(17)7-11)21(2)16(22)14(18)10-23-3/h4-9,14-15H,10,18H2,1-3H3. The van der Waals surface area contributed by atoms with E-state index in [0.717, 1.165) is 5.56 Å². The molecule has 0 aliphatic rings. The van der Waals surface area contributed by atoms with Gasteiger partial charge in [0.2, 0.25) is 5.91 Å². The molecule has 0 spiro atoms. The summed E-state index contributed by atoms with van der Waals surface area (Å²) < 4.78 is 20.2. The van der Waals surface area contributed by atoms with Gasteiger partial charge in [-0.2, -0.15) is 5.10 Å². The van der Waals surface area contributed by atoms with Crippen LogP contribution >= 0.6 is 0 Å². The lowest BCUT2D eigenvalue weighted by molar-refractivity contribution is -0.134. The first-order chi connectivity index (χ1) is 10.9. The Morgan fingerprint density at radius 3 is 2.78 bits per heavy atom. The van der Waals surface area contributed by atoms with Crippen molar-refractivity contribution in [2.75, 3.05) is 20.8 Å². The van der Waals surface area contributed by atoms with Crippen molar-refractivity contribution in [1.29, 1.82) is 0 Å². The Balaban J connectivity index is 2.39. The molecule has 1 aromatic carbocycles. The van der Waals surface area contributed by atoms with Gasteiger partial charge < -0.3 is 15.4 Å². The number of amides is 1. The van der Waals surface area contributed by atoms with E-state index in [4.69, 9.17) is 10.5 Å². The minimum Gasteiger partial charge on any atom is -0.383 e. The van der Waals surface area contributed by atoms with Gasteiger partial charge in [0.25, 0.3) is 0 Å². The third-order valence-electron chi connectivity index (χ3n) is 3.60. The molecule has 2 rings (SSSR count). The highest BCUT2D eigenvalue weighted by molar-refractivity contribution is 5.82. The van der Waals surface area contributed by atoms with E-state index in [1.165, 1.54) is 24.1 Å². The Morgan fingerprint density at radius 1 is 1.48 bits per heavy atom. The summed E-state index contributed by atoms with van der Waals surface area (Å²) in [6.07, 6.45) is 3.45. The highest BCUT2D eigenvalue weighted by atomic mass is 19.1. The first-order valence-corrected chi connectivity index (χ1v) is 7.19. The topological polar surface area (TPSA) is 73.4 Å². The highest BCUT2D eigenvalue weighted by Gasteiger charge is 2.28. The van der Waals surface area contributed by atoms with Crippen molar-refractivity contribution in [2.45, 2.75) is 12.1 Å². The number of carbonyl (C=O) groups excluding carboxylic acids is 1. The van der Waals surface area contributed by atoms with Crippen LogP contribution < -0.4 is 5.73 Å². The van der Waals surface area contributed by atoms with Gasteiger partial charge in [-0.3, -0.25) is 9.48 Å². The van der Waals surface area contributed by atoms with Crippen molar-refractivity contribution >= 4 is 5.91 Å². The Morgan fingerprint density at radius 2 is 2.22 bits per heavy atom. The first-order valence-electron chi connectivity index (χ1n) is 7.19. The summed E-state index contributed by atoms with van der Waals surface area (Å²) in [5, 5.41) is 4.14. The maximum absolute atomic E-state index is 13.6. The van der Waals surface area contributed by atoms with Crippen LogP contribution in [0.25, 0.3) is 0 Å². The highest BCUT2D eigenvalue weighted by Crippen LogP contribution is 2.28. The number of likely N-dealkylation sites (N-methyl/N-ethyl adjacent to an activating group) is 1. The van der Waals surface area contributed by atoms with Crippen LogP contribution in [0.4, 0.5) is 4.39 Å². The third-order valence-corrected chi connectivity index (χ3v) is 3.60.